The van der Waals surface area contributed by atoms with Crippen LogP contribution in [0.1, 0.15) is 67.7 Å². The van der Waals surface area contributed by atoms with Gasteiger partial charge in [0.2, 0.25) is 41.2 Å². The van der Waals surface area contributed by atoms with Crippen molar-refractivity contribution in [1.82, 2.24) is 31.5 Å². The van der Waals surface area contributed by atoms with Gasteiger partial charge in [-0.2, -0.15) is 0 Å². The summed E-state index contributed by atoms with van der Waals surface area (Å²) in [6, 6.07) is -6.46. The Balaban J connectivity index is 2.88. The van der Waals surface area contributed by atoms with Crippen LogP contribution in [0.15, 0.2) is 0 Å². The molecule has 1 rings (SSSR count). The molecule has 1 aliphatic rings. The third kappa shape index (κ3) is 11.1. The van der Waals surface area contributed by atoms with Gasteiger partial charge in [0.1, 0.15) is 24.2 Å². The van der Waals surface area contributed by atoms with Crippen LogP contribution in [0, 0.1) is 0 Å². The van der Waals surface area contributed by atoms with Crippen molar-refractivity contribution in [3.8, 4) is 0 Å². The fourth-order valence-electron chi connectivity index (χ4n) is 4.13. The number of ketones is 1. The number of nitrogens with one attached hydrogen (secondary N) is 5. The van der Waals surface area contributed by atoms with E-state index < -0.39 is 89.5 Å². The lowest BCUT2D eigenvalue weighted by molar-refractivity contribution is -0.141. The molecular formula is C26H43N7O9. The standard InChI is InChI=1S/C26H43N7O9/c1-12(20(37)25(42)32-26(5,6)7)28-22(39)16(11-18(27)36)30-21(38)13(2)29-24(41)19(14(3)34)31-23(40)17-9-8-10-33(17)15(4)35/h12-14,16-17,19,34H,8-11H2,1-7H3,(H2,27,36)(H,28,39)(H,29,41)(H,30,38)(H,31,40)(H,32,42)/t12-,13-,14-,16-,17-,19-/m0/s1. The highest BCUT2D eigenvalue weighted by Gasteiger charge is 2.37. The van der Waals surface area contributed by atoms with Crippen LogP contribution in [0.25, 0.3) is 0 Å². The first kappa shape index (κ1) is 35.9. The summed E-state index contributed by atoms with van der Waals surface area (Å²) in [6.45, 7) is 10.4. The summed E-state index contributed by atoms with van der Waals surface area (Å²) in [5.74, 6) is -6.64. The Labute approximate surface area is 244 Å². The number of nitrogens with zero attached hydrogens (tertiary/aromatic N) is 1. The summed E-state index contributed by atoms with van der Waals surface area (Å²) < 4.78 is 0. The Kier molecular flexibility index (Phi) is 13.0. The minimum Gasteiger partial charge on any atom is -0.391 e. The third-order valence-electron chi connectivity index (χ3n) is 6.28. The molecule has 42 heavy (non-hydrogen) atoms. The lowest BCUT2D eigenvalue weighted by atomic mass is 10.1. The molecule has 8 N–H and O–H groups in total. The Morgan fingerprint density at radius 2 is 1.45 bits per heavy atom. The maximum atomic E-state index is 12.9. The molecule has 1 saturated heterocycles. The Hall–Kier alpha value is -4.08. The zero-order valence-corrected chi connectivity index (χ0v) is 25.0. The number of primary amides is 1. The zero-order valence-electron chi connectivity index (χ0n) is 25.0. The number of hydrogen-bond acceptors (Lipinski definition) is 9. The van der Waals surface area contributed by atoms with Crippen molar-refractivity contribution in [3.05, 3.63) is 0 Å². The SMILES string of the molecule is CC(=O)N1CCC[C@H]1C(=O)N[C@H](C(=O)N[C@@H](C)C(=O)N[C@@H](CC(N)=O)C(=O)N[C@@H](C)C(=O)C(=O)NC(C)(C)C)[C@H](C)O. The van der Waals surface area contributed by atoms with Crippen molar-refractivity contribution in [2.24, 2.45) is 5.73 Å². The first-order valence-corrected chi connectivity index (χ1v) is 13.6. The van der Waals surface area contributed by atoms with Gasteiger partial charge in [-0.1, -0.05) is 0 Å². The normalized spacial score (nSPS) is 18.4. The van der Waals surface area contributed by atoms with Gasteiger partial charge in [-0.15, -0.1) is 0 Å². The van der Waals surface area contributed by atoms with Gasteiger partial charge in [0.25, 0.3) is 5.91 Å². The minimum atomic E-state index is -1.55. The van der Waals surface area contributed by atoms with Crippen molar-refractivity contribution in [1.29, 1.82) is 0 Å². The van der Waals surface area contributed by atoms with Gasteiger partial charge in [0, 0.05) is 19.0 Å². The molecule has 0 radical (unpaired) electrons. The van der Waals surface area contributed by atoms with E-state index in [9.17, 15) is 43.5 Å². The lowest BCUT2D eigenvalue weighted by Crippen LogP contribution is -2.60. The summed E-state index contributed by atoms with van der Waals surface area (Å²) in [6.07, 6.45) is -1.06. The number of Topliss-reactive ketones (excluding diaryl/α,β-unsaturated/α-hetero) is 1. The second-order valence-corrected chi connectivity index (χ2v) is 11.4. The average molecular weight is 598 g/mol. The molecule has 0 aromatic rings. The highest BCUT2D eigenvalue weighted by molar-refractivity contribution is 6.38. The molecule has 0 bridgehead atoms. The number of likely N-dealkylation sites (tertiary alicyclic amines) is 1. The topological polar surface area (TPSA) is 246 Å². The van der Waals surface area contributed by atoms with Crippen molar-refractivity contribution in [2.75, 3.05) is 6.54 Å². The molecule has 6 atom stereocenters. The van der Waals surface area contributed by atoms with Gasteiger partial charge in [-0.3, -0.25) is 38.4 Å². The highest BCUT2D eigenvalue weighted by Crippen LogP contribution is 2.17. The number of aliphatic hydroxyl groups is 1. The van der Waals surface area contributed by atoms with E-state index in [-0.39, 0.29) is 5.91 Å². The Bertz CT molecular complexity index is 1090. The second-order valence-electron chi connectivity index (χ2n) is 11.4. The predicted octanol–water partition coefficient (Wildman–Crippen LogP) is -3.28. The molecule has 0 saturated carbocycles. The van der Waals surface area contributed by atoms with Crippen LogP contribution in [0.5, 0.6) is 0 Å². The third-order valence-corrected chi connectivity index (χ3v) is 6.28. The van der Waals surface area contributed by atoms with Crippen LogP contribution in [0.4, 0.5) is 0 Å². The van der Waals surface area contributed by atoms with Crippen molar-refractivity contribution < 1.29 is 43.5 Å². The van der Waals surface area contributed by atoms with E-state index in [2.05, 4.69) is 26.6 Å². The van der Waals surface area contributed by atoms with Gasteiger partial charge in [-0.05, 0) is 54.4 Å². The van der Waals surface area contributed by atoms with Crippen molar-refractivity contribution in [2.45, 2.75) is 110 Å². The van der Waals surface area contributed by atoms with Crippen LogP contribution in [-0.4, -0.2) is 106 Å². The first-order chi connectivity index (χ1) is 19.2. The molecule has 16 heteroatoms. The minimum absolute atomic E-state index is 0.308. The van der Waals surface area contributed by atoms with E-state index in [1.807, 2.05) is 0 Å². The first-order valence-electron chi connectivity index (χ1n) is 13.6. The summed E-state index contributed by atoms with van der Waals surface area (Å²) >= 11 is 0. The summed E-state index contributed by atoms with van der Waals surface area (Å²) in [7, 11) is 0. The number of amides is 7. The van der Waals surface area contributed by atoms with E-state index in [1.54, 1.807) is 20.8 Å². The van der Waals surface area contributed by atoms with Gasteiger partial charge in [0.05, 0.1) is 18.6 Å². The van der Waals surface area contributed by atoms with Crippen LogP contribution < -0.4 is 32.3 Å². The number of hydrogen-bond donors (Lipinski definition) is 7. The molecular weight excluding hydrogens is 554 g/mol. The molecule has 0 unspecified atom stereocenters. The Morgan fingerprint density at radius 3 is 1.95 bits per heavy atom. The molecule has 0 aliphatic carbocycles. The maximum absolute atomic E-state index is 12.9. The van der Waals surface area contributed by atoms with Crippen molar-refractivity contribution in [3.63, 3.8) is 0 Å². The van der Waals surface area contributed by atoms with Gasteiger partial charge >= 0.3 is 0 Å². The lowest BCUT2D eigenvalue weighted by Gasteiger charge is -2.27. The van der Waals surface area contributed by atoms with E-state index in [0.29, 0.717) is 19.4 Å². The number of nitrogens with two attached hydrogens (primary N) is 1. The number of rotatable bonds is 13. The van der Waals surface area contributed by atoms with E-state index in [0.717, 1.165) is 0 Å². The van der Waals surface area contributed by atoms with Gasteiger partial charge in [0.15, 0.2) is 0 Å². The Morgan fingerprint density at radius 1 is 0.881 bits per heavy atom. The zero-order chi connectivity index (χ0) is 32.5. The smallest absolute Gasteiger partial charge is 0.289 e. The number of carbonyl (C=O) groups is 8. The predicted molar refractivity (Wildman–Crippen MR) is 148 cm³/mol. The van der Waals surface area contributed by atoms with Gasteiger partial charge in [-0.25, -0.2) is 0 Å². The fourth-order valence-corrected chi connectivity index (χ4v) is 4.13. The van der Waals surface area contributed by atoms with E-state index >= 15 is 0 Å². The fraction of sp³-hybridized carbons (Fsp3) is 0.692. The maximum Gasteiger partial charge on any atom is 0.289 e. The van der Waals surface area contributed by atoms with Crippen molar-refractivity contribution >= 4 is 47.1 Å². The molecule has 236 valence electrons. The summed E-state index contributed by atoms with van der Waals surface area (Å²) in [4.78, 5) is 100. The molecule has 1 aliphatic heterocycles. The molecule has 1 fully saturated rings. The average Bonchev–Trinajstić information content (AvgIpc) is 3.35. The molecule has 0 aromatic heterocycles. The largest absolute Gasteiger partial charge is 0.391 e. The van der Waals surface area contributed by atoms with Crippen LogP contribution in [0.2, 0.25) is 0 Å². The molecule has 7 amide bonds. The van der Waals surface area contributed by atoms with Gasteiger partial charge < -0.3 is 42.3 Å². The molecule has 1 heterocycles. The molecule has 16 nitrogen and oxygen atoms in total. The van der Waals surface area contributed by atoms with E-state index in [4.69, 9.17) is 5.73 Å². The molecule has 0 aromatic carbocycles. The quantitative estimate of drug-likeness (QED) is 0.105. The monoisotopic (exact) mass is 597 g/mol. The second kappa shape index (κ2) is 15.2. The summed E-state index contributed by atoms with van der Waals surface area (Å²) in [5, 5.41) is 21.9. The van der Waals surface area contributed by atoms with E-state index in [1.165, 1.54) is 32.6 Å². The molecule has 0 spiro atoms. The highest BCUT2D eigenvalue weighted by atomic mass is 16.3. The van der Waals surface area contributed by atoms with Crippen LogP contribution >= 0.6 is 0 Å². The van der Waals surface area contributed by atoms with Crippen LogP contribution in [0.3, 0.4) is 0 Å². The summed E-state index contributed by atoms with van der Waals surface area (Å²) in [5.41, 5.74) is 4.50. The number of aliphatic hydroxyl groups excluding tert-OH is 1. The van der Waals surface area contributed by atoms with Crippen LogP contribution in [-0.2, 0) is 38.4 Å². The number of carbonyl (C=O) groups excluding carboxylic acids is 8.